The van der Waals surface area contributed by atoms with Gasteiger partial charge in [0.2, 0.25) is 0 Å². The summed E-state index contributed by atoms with van der Waals surface area (Å²) in [5.41, 5.74) is 11.7. The van der Waals surface area contributed by atoms with Crippen molar-refractivity contribution >= 4 is 0 Å². The van der Waals surface area contributed by atoms with Crippen molar-refractivity contribution < 1.29 is 8.78 Å². The number of benzene rings is 1. The third kappa shape index (κ3) is 2.23. The summed E-state index contributed by atoms with van der Waals surface area (Å²) in [5.74, 6) is -1.77. The van der Waals surface area contributed by atoms with Gasteiger partial charge in [0, 0.05) is 12.1 Å². The van der Waals surface area contributed by atoms with E-state index in [0.717, 1.165) is 12.1 Å². The lowest BCUT2D eigenvalue weighted by atomic mass is 10.0. The van der Waals surface area contributed by atoms with Gasteiger partial charge in [-0.2, -0.15) is 0 Å². The van der Waals surface area contributed by atoms with Gasteiger partial charge in [0.25, 0.3) is 0 Å². The number of rotatable bonds is 2. The highest BCUT2D eigenvalue weighted by molar-refractivity contribution is 5.21. The Hall–Kier alpha value is -1.00. The summed E-state index contributed by atoms with van der Waals surface area (Å²) in [5, 5.41) is 0. The van der Waals surface area contributed by atoms with Gasteiger partial charge in [-0.1, -0.05) is 6.07 Å². The Morgan fingerprint density at radius 2 is 1.77 bits per heavy atom. The zero-order valence-electron chi connectivity index (χ0n) is 7.30. The van der Waals surface area contributed by atoms with Crippen LogP contribution in [0.25, 0.3) is 0 Å². The standard InChI is InChI=1S/C9H12F2N2/c1-5(12)9(13)6-2-3-7(10)8(11)4-6/h2-5,9H,12-13H2,1H3. The molecule has 1 rings (SSSR count). The molecule has 0 fully saturated rings. The van der Waals surface area contributed by atoms with Gasteiger partial charge < -0.3 is 11.5 Å². The number of nitrogens with two attached hydrogens (primary N) is 2. The average molecular weight is 186 g/mol. The summed E-state index contributed by atoms with van der Waals surface area (Å²) in [7, 11) is 0. The van der Waals surface area contributed by atoms with Gasteiger partial charge in [0.15, 0.2) is 11.6 Å². The highest BCUT2D eigenvalue weighted by Crippen LogP contribution is 2.16. The average Bonchev–Trinajstić information content (AvgIpc) is 2.08. The molecule has 0 aliphatic carbocycles. The zero-order chi connectivity index (χ0) is 10.0. The molecule has 4 N–H and O–H groups in total. The molecule has 0 aliphatic heterocycles. The summed E-state index contributed by atoms with van der Waals surface area (Å²) in [6, 6.07) is 2.81. The number of hydrogen-bond donors (Lipinski definition) is 2. The summed E-state index contributed by atoms with van der Waals surface area (Å²) < 4.78 is 25.2. The molecule has 1 aromatic carbocycles. The molecule has 0 spiro atoms. The highest BCUT2D eigenvalue weighted by Gasteiger charge is 2.12. The van der Waals surface area contributed by atoms with Crippen LogP contribution >= 0.6 is 0 Å². The van der Waals surface area contributed by atoms with Crippen molar-refractivity contribution in [1.82, 2.24) is 0 Å². The van der Waals surface area contributed by atoms with E-state index in [1.807, 2.05) is 0 Å². The fourth-order valence-corrected chi connectivity index (χ4v) is 1.02. The van der Waals surface area contributed by atoms with Crippen LogP contribution in [0.5, 0.6) is 0 Å². The maximum Gasteiger partial charge on any atom is 0.159 e. The van der Waals surface area contributed by atoms with E-state index >= 15 is 0 Å². The smallest absolute Gasteiger partial charge is 0.159 e. The van der Waals surface area contributed by atoms with Crippen LogP contribution in [0, 0.1) is 11.6 Å². The molecule has 2 nitrogen and oxygen atoms in total. The monoisotopic (exact) mass is 186 g/mol. The summed E-state index contributed by atoms with van der Waals surface area (Å²) >= 11 is 0. The second kappa shape index (κ2) is 3.81. The molecular formula is C9H12F2N2. The Bertz CT molecular complexity index is 300. The summed E-state index contributed by atoms with van der Waals surface area (Å²) in [4.78, 5) is 0. The molecule has 4 heteroatoms. The maximum absolute atomic E-state index is 12.7. The SMILES string of the molecule is CC(N)C(N)c1ccc(F)c(F)c1. The van der Waals surface area contributed by atoms with Gasteiger partial charge in [-0.25, -0.2) is 8.78 Å². The minimum atomic E-state index is -0.895. The molecule has 72 valence electrons. The molecule has 0 saturated heterocycles. The second-order valence-corrected chi connectivity index (χ2v) is 3.06. The first kappa shape index (κ1) is 10.1. The molecule has 1 aromatic rings. The van der Waals surface area contributed by atoms with Crippen molar-refractivity contribution in [2.75, 3.05) is 0 Å². The van der Waals surface area contributed by atoms with Gasteiger partial charge in [-0.3, -0.25) is 0 Å². The Morgan fingerprint density at radius 3 is 2.23 bits per heavy atom. The van der Waals surface area contributed by atoms with Gasteiger partial charge in [-0.15, -0.1) is 0 Å². The summed E-state index contributed by atoms with van der Waals surface area (Å²) in [6.45, 7) is 1.71. The third-order valence-electron chi connectivity index (χ3n) is 1.90. The van der Waals surface area contributed by atoms with E-state index < -0.39 is 17.7 Å². The lowest BCUT2D eigenvalue weighted by Crippen LogP contribution is -2.31. The van der Waals surface area contributed by atoms with E-state index in [4.69, 9.17) is 11.5 Å². The van der Waals surface area contributed by atoms with Gasteiger partial charge in [0.1, 0.15) is 0 Å². The van der Waals surface area contributed by atoms with Crippen molar-refractivity contribution in [3.05, 3.63) is 35.4 Å². The number of halogens is 2. The predicted octanol–water partition coefficient (Wildman–Crippen LogP) is 1.31. The summed E-state index contributed by atoms with van der Waals surface area (Å²) in [6.07, 6.45) is 0. The molecule has 0 bridgehead atoms. The zero-order valence-corrected chi connectivity index (χ0v) is 7.30. The van der Waals surface area contributed by atoms with Crippen LogP contribution in [-0.4, -0.2) is 6.04 Å². The molecule has 13 heavy (non-hydrogen) atoms. The minimum Gasteiger partial charge on any atom is -0.326 e. The lowest BCUT2D eigenvalue weighted by Gasteiger charge is -2.15. The number of hydrogen-bond acceptors (Lipinski definition) is 2. The Balaban J connectivity index is 2.97. The Kier molecular flexibility index (Phi) is 2.95. The lowest BCUT2D eigenvalue weighted by molar-refractivity contribution is 0.501. The fourth-order valence-electron chi connectivity index (χ4n) is 1.02. The first-order chi connectivity index (χ1) is 6.02. The van der Waals surface area contributed by atoms with E-state index in [0.29, 0.717) is 5.56 Å². The van der Waals surface area contributed by atoms with Gasteiger partial charge in [0.05, 0.1) is 0 Å². The second-order valence-electron chi connectivity index (χ2n) is 3.06. The van der Waals surface area contributed by atoms with Crippen LogP contribution in [0.2, 0.25) is 0 Å². The first-order valence-corrected chi connectivity index (χ1v) is 3.98. The molecule has 0 saturated carbocycles. The van der Waals surface area contributed by atoms with E-state index in [9.17, 15) is 8.78 Å². The van der Waals surface area contributed by atoms with Crippen LogP contribution in [0.15, 0.2) is 18.2 Å². The maximum atomic E-state index is 12.7. The van der Waals surface area contributed by atoms with E-state index in [2.05, 4.69) is 0 Å². The first-order valence-electron chi connectivity index (χ1n) is 3.98. The Morgan fingerprint density at radius 1 is 1.15 bits per heavy atom. The fraction of sp³-hybridized carbons (Fsp3) is 0.333. The van der Waals surface area contributed by atoms with Crippen molar-refractivity contribution in [3.8, 4) is 0 Å². The molecule has 0 heterocycles. The molecular weight excluding hydrogens is 174 g/mol. The van der Waals surface area contributed by atoms with Crippen molar-refractivity contribution in [3.63, 3.8) is 0 Å². The van der Waals surface area contributed by atoms with E-state index in [1.54, 1.807) is 6.92 Å². The van der Waals surface area contributed by atoms with Crippen LogP contribution in [0.4, 0.5) is 8.78 Å². The van der Waals surface area contributed by atoms with Crippen LogP contribution in [0.1, 0.15) is 18.5 Å². The molecule has 2 atom stereocenters. The van der Waals surface area contributed by atoms with Crippen LogP contribution in [-0.2, 0) is 0 Å². The molecule has 0 aromatic heterocycles. The van der Waals surface area contributed by atoms with Crippen molar-refractivity contribution in [2.24, 2.45) is 11.5 Å². The van der Waals surface area contributed by atoms with Crippen LogP contribution in [0.3, 0.4) is 0 Å². The topological polar surface area (TPSA) is 52.0 Å². The molecule has 0 amide bonds. The Labute approximate surface area is 75.5 Å². The van der Waals surface area contributed by atoms with E-state index in [1.165, 1.54) is 6.07 Å². The molecule has 0 aliphatic rings. The van der Waals surface area contributed by atoms with E-state index in [-0.39, 0.29) is 6.04 Å². The molecule has 0 radical (unpaired) electrons. The van der Waals surface area contributed by atoms with Crippen molar-refractivity contribution in [1.29, 1.82) is 0 Å². The highest BCUT2D eigenvalue weighted by atomic mass is 19.2. The quantitative estimate of drug-likeness (QED) is 0.731. The predicted molar refractivity (Wildman–Crippen MR) is 46.9 cm³/mol. The largest absolute Gasteiger partial charge is 0.326 e. The van der Waals surface area contributed by atoms with Crippen LogP contribution < -0.4 is 11.5 Å². The third-order valence-corrected chi connectivity index (χ3v) is 1.90. The normalized spacial score (nSPS) is 15.5. The van der Waals surface area contributed by atoms with Gasteiger partial charge >= 0.3 is 0 Å². The molecule has 2 unspecified atom stereocenters. The minimum absolute atomic E-state index is 0.287. The van der Waals surface area contributed by atoms with Gasteiger partial charge in [-0.05, 0) is 24.6 Å². The van der Waals surface area contributed by atoms with Crippen molar-refractivity contribution in [2.45, 2.75) is 19.0 Å².